The second-order valence-electron chi connectivity index (χ2n) is 17.6. The fourth-order valence-corrected chi connectivity index (χ4v) is 11.9. The molecule has 3 aliphatic carbocycles. The first kappa shape index (κ1) is 32.8. The molecule has 0 aromatic heterocycles. The molecule has 7 aromatic carbocycles. The molecule has 2 aliphatic heterocycles. The van der Waals surface area contributed by atoms with E-state index in [2.05, 4.69) is 220 Å². The summed E-state index contributed by atoms with van der Waals surface area (Å²) in [5, 5.41) is 0. The van der Waals surface area contributed by atoms with Crippen LogP contribution in [0.4, 0.5) is 28.4 Å². The molecule has 0 saturated carbocycles. The first-order chi connectivity index (χ1) is 27.8. The van der Waals surface area contributed by atoms with Crippen molar-refractivity contribution in [3.05, 3.63) is 232 Å². The van der Waals surface area contributed by atoms with Gasteiger partial charge in [0, 0.05) is 33.9 Å². The lowest BCUT2D eigenvalue weighted by Gasteiger charge is -2.44. The summed E-state index contributed by atoms with van der Waals surface area (Å²) in [4.78, 5) is 5.11. The van der Waals surface area contributed by atoms with Gasteiger partial charge in [0.25, 0.3) is 0 Å². The molecule has 3 atom stereocenters. The fourth-order valence-electron chi connectivity index (χ4n) is 11.9. The number of para-hydroxylation sites is 4. The van der Waals surface area contributed by atoms with E-state index in [9.17, 15) is 0 Å². The van der Waals surface area contributed by atoms with Gasteiger partial charge < -0.3 is 9.80 Å². The molecule has 0 N–H and O–H groups in total. The molecule has 57 heavy (non-hydrogen) atoms. The molecule has 1 spiro atoms. The molecule has 2 heteroatoms. The first-order valence-electron chi connectivity index (χ1n) is 20.5. The van der Waals surface area contributed by atoms with Crippen molar-refractivity contribution in [1.82, 2.24) is 0 Å². The lowest BCUT2D eigenvalue weighted by atomic mass is 9.65. The molecule has 5 aliphatic rings. The van der Waals surface area contributed by atoms with Gasteiger partial charge >= 0.3 is 0 Å². The summed E-state index contributed by atoms with van der Waals surface area (Å²) in [6.07, 6.45) is 7.57. The van der Waals surface area contributed by atoms with Gasteiger partial charge in [-0.1, -0.05) is 173 Å². The summed E-state index contributed by atoms with van der Waals surface area (Å²) in [5.74, 6) is 0.387. The van der Waals surface area contributed by atoms with Gasteiger partial charge in [0.15, 0.2) is 0 Å². The van der Waals surface area contributed by atoms with Gasteiger partial charge in [-0.25, -0.2) is 0 Å². The summed E-state index contributed by atoms with van der Waals surface area (Å²) in [6.45, 7) is 9.49. The molecule has 0 fully saturated rings. The van der Waals surface area contributed by atoms with E-state index >= 15 is 0 Å². The Bertz CT molecular complexity index is 2810. The molecule has 2 heterocycles. The summed E-state index contributed by atoms with van der Waals surface area (Å²) in [5.41, 5.74) is 20.6. The van der Waals surface area contributed by atoms with Crippen molar-refractivity contribution < 1.29 is 0 Å². The zero-order valence-electron chi connectivity index (χ0n) is 32.9. The SMILES string of the molecule is CC1(C)c2ccccc2N(C2=C[C@H]3C(C=C2)c2ccccc2C32c3ccccc3-c3c(N4c5ccccc5C(C)(C)c5ccccc54)cccc32)c2ccccc21. The first-order valence-corrected chi connectivity index (χ1v) is 20.5. The van der Waals surface area contributed by atoms with Gasteiger partial charge in [0.1, 0.15) is 0 Å². The Labute approximate surface area is 336 Å². The normalized spacial score (nSPS) is 22.0. The van der Waals surface area contributed by atoms with E-state index in [1.165, 1.54) is 89.8 Å². The third-order valence-electron chi connectivity index (χ3n) is 14.3. The molecule has 2 nitrogen and oxygen atoms in total. The van der Waals surface area contributed by atoms with Crippen LogP contribution < -0.4 is 9.80 Å². The largest absolute Gasteiger partial charge is 0.310 e. The van der Waals surface area contributed by atoms with Crippen molar-refractivity contribution >= 4 is 28.4 Å². The number of allylic oxidation sites excluding steroid dienone is 3. The Morgan fingerprint density at radius 3 is 1.42 bits per heavy atom. The van der Waals surface area contributed by atoms with Crippen LogP contribution in [0.2, 0.25) is 0 Å². The molecule has 7 aromatic rings. The minimum Gasteiger partial charge on any atom is -0.310 e. The van der Waals surface area contributed by atoms with Crippen molar-refractivity contribution in [3.63, 3.8) is 0 Å². The van der Waals surface area contributed by atoms with Gasteiger partial charge in [-0.15, -0.1) is 0 Å². The van der Waals surface area contributed by atoms with E-state index in [4.69, 9.17) is 0 Å². The quantitative estimate of drug-likeness (QED) is 0.175. The van der Waals surface area contributed by atoms with Crippen LogP contribution in [0.15, 0.2) is 188 Å². The minimum atomic E-state index is -0.388. The smallest absolute Gasteiger partial charge is 0.0543 e. The van der Waals surface area contributed by atoms with Gasteiger partial charge in [0.2, 0.25) is 0 Å². The number of hydrogen-bond acceptors (Lipinski definition) is 2. The number of hydrogen-bond donors (Lipinski definition) is 0. The number of rotatable bonds is 2. The van der Waals surface area contributed by atoms with Crippen LogP contribution in [0.1, 0.15) is 78.1 Å². The fraction of sp³-hybridized carbons (Fsp3) is 0.164. The summed E-state index contributed by atoms with van der Waals surface area (Å²) >= 11 is 0. The third kappa shape index (κ3) is 4.05. The van der Waals surface area contributed by atoms with Crippen LogP contribution >= 0.6 is 0 Å². The third-order valence-corrected chi connectivity index (χ3v) is 14.3. The second-order valence-corrected chi connectivity index (χ2v) is 17.6. The van der Waals surface area contributed by atoms with E-state index in [0.29, 0.717) is 0 Å². The molecule has 0 radical (unpaired) electrons. The molecule has 274 valence electrons. The number of benzene rings is 7. The van der Waals surface area contributed by atoms with E-state index in [0.717, 1.165) is 0 Å². The molecular weight excluding hydrogens is 689 g/mol. The Morgan fingerprint density at radius 2 is 0.842 bits per heavy atom. The van der Waals surface area contributed by atoms with Crippen LogP contribution in [0.25, 0.3) is 11.1 Å². The van der Waals surface area contributed by atoms with Gasteiger partial charge in [0.05, 0.1) is 33.9 Å². The van der Waals surface area contributed by atoms with E-state index in [1.54, 1.807) is 0 Å². The summed E-state index contributed by atoms with van der Waals surface area (Å²) < 4.78 is 0. The van der Waals surface area contributed by atoms with Gasteiger partial charge in [-0.3, -0.25) is 0 Å². The Hall–Kier alpha value is -6.38. The summed E-state index contributed by atoms with van der Waals surface area (Å²) in [6, 6.07) is 61.9. The van der Waals surface area contributed by atoms with Crippen molar-refractivity contribution in [3.8, 4) is 11.1 Å². The van der Waals surface area contributed by atoms with Gasteiger partial charge in [-0.05, 0) is 86.5 Å². The van der Waals surface area contributed by atoms with Crippen LogP contribution in [0.3, 0.4) is 0 Å². The van der Waals surface area contributed by atoms with E-state index in [1.807, 2.05) is 0 Å². The Kier molecular flexibility index (Phi) is 6.54. The molecule has 2 unspecified atom stereocenters. The summed E-state index contributed by atoms with van der Waals surface area (Å²) in [7, 11) is 0. The molecule has 0 bridgehead atoms. The Morgan fingerprint density at radius 1 is 0.404 bits per heavy atom. The lowest BCUT2D eigenvalue weighted by molar-refractivity contribution is 0.462. The monoisotopic (exact) mass is 732 g/mol. The van der Waals surface area contributed by atoms with E-state index < -0.39 is 0 Å². The average molecular weight is 733 g/mol. The lowest BCUT2D eigenvalue weighted by Crippen LogP contribution is -2.36. The highest BCUT2D eigenvalue weighted by molar-refractivity contribution is 5.99. The zero-order valence-corrected chi connectivity index (χ0v) is 32.9. The van der Waals surface area contributed by atoms with Crippen molar-refractivity contribution in [1.29, 1.82) is 0 Å². The highest BCUT2D eigenvalue weighted by Gasteiger charge is 2.58. The number of anilines is 5. The highest BCUT2D eigenvalue weighted by atomic mass is 15.2. The second kappa shape index (κ2) is 11.4. The number of nitrogens with zero attached hydrogens (tertiary/aromatic N) is 2. The molecule has 0 amide bonds. The number of fused-ring (bicyclic) bond motifs is 14. The highest BCUT2D eigenvalue weighted by Crippen LogP contribution is 2.68. The van der Waals surface area contributed by atoms with Crippen LogP contribution in [0, 0.1) is 5.92 Å². The van der Waals surface area contributed by atoms with Crippen LogP contribution in [0.5, 0.6) is 0 Å². The predicted octanol–water partition coefficient (Wildman–Crippen LogP) is 13.8. The minimum absolute atomic E-state index is 0.114. The molecule has 0 saturated heterocycles. The van der Waals surface area contributed by atoms with E-state index in [-0.39, 0.29) is 28.1 Å². The Balaban J connectivity index is 1.13. The average Bonchev–Trinajstić information content (AvgIpc) is 3.72. The van der Waals surface area contributed by atoms with Crippen molar-refractivity contribution in [2.24, 2.45) is 5.92 Å². The van der Waals surface area contributed by atoms with Crippen LogP contribution in [-0.2, 0) is 16.2 Å². The maximum atomic E-state index is 2.64. The standard InChI is InChI=1S/C55H44N2/c1-53(2)41-22-9-13-27-47(41)56(48-28-14-10-23-42(48)53)35-32-33-37-36-18-5-7-20-39(36)55(46(37)34-35)40-21-8-6-19-38(40)52-45(55)26-17-31-51(52)57-49-29-15-11-24-43(49)54(3,4)44-25-12-16-30-50(44)57/h5-34,37,46H,1-4H3/t37?,46-,55?/m0/s1. The predicted molar refractivity (Wildman–Crippen MR) is 236 cm³/mol. The topological polar surface area (TPSA) is 6.48 Å². The van der Waals surface area contributed by atoms with Gasteiger partial charge in [-0.2, -0.15) is 0 Å². The molecular formula is C55H44N2. The maximum absolute atomic E-state index is 2.64. The van der Waals surface area contributed by atoms with Crippen molar-refractivity contribution in [2.75, 3.05) is 9.80 Å². The van der Waals surface area contributed by atoms with Crippen molar-refractivity contribution in [2.45, 2.75) is 49.9 Å². The maximum Gasteiger partial charge on any atom is 0.0543 e. The molecule has 12 rings (SSSR count). The zero-order chi connectivity index (χ0) is 38.3. The van der Waals surface area contributed by atoms with Crippen LogP contribution in [-0.4, -0.2) is 0 Å².